The molecule has 0 saturated heterocycles. The normalized spacial score (nSPS) is 13.5. The van der Waals surface area contributed by atoms with Crippen LogP contribution < -0.4 is 15.8 Å². The molecule has 0 heterocycles. The van der Waals surface area contributed by atoms with Crippen LogP contribution in [-0.4, -0.2) is 34.8 Å². The Bertz CT molecular complexity index is 465. The first kappa shape index (κ1) is 16.5. The lowest BCUT2D eigenvalue weighted by Gasteiger charge is -2.13. The second kappa shape index (κ2) is 8.58. The Morgan fingerprint density at radius 2 is 2.25 bits per heavy atom. The summed E-state index contributed by atoms with van der Waals surface area (Å²) in [5, 5.41) is 2.85. The molecule has 0 aromatic heterocycles. The molecule has 0 aliphatic heterocycles. The summed E-state index contributed by atoms with van der Waals surface area (Å²) in [7, 11) is -0.821. The van der Waals surface area contributed by atoms with E-state index in [1.165, 1.54) is 0 Å². The van der Waals surface area contributed by atoms with E-state index in [0.29, 0.717) is 30.2 Å². The molecule has 0 fully saturated rings. The van der Waals surface area contributed by atoms with E-state index in [9.17, 15) is 9.00 Å². The second-order valence-corrected chi connectivity index (χ2v) is 6.26. The van der Waals surface area contributed by atoms with Crippen LogP contribution in [0.5, 0.6) is 5.75 Å². The van der Waals surface area contributed by atoms with Crippen LogP contribution in [0.3, 0.4) is 0 Å². The molecule has 5 nitrogen and oxygen atoms in total. The topological polar surface area (TPSA) is 81.4 Å². The zero-order valence-corrected chi connectivity index (χ0v) is 12.7. The maximum absolute atomic E-state index is 11.7. The Morgan fingerprint density at radius 3 is 2.90 bits per heavy atom. The van der Waals surface area contributed by atoms with Crippen molar-refractivity contribution in [2.75, 3.05) is 24.3 Å². The third kappa shape index (κ3) is 7.13. The van der Waals surface area contributed by atoms with Gasteiger partial charge >= 0.3 is 0 Å². The number of nitrogen functional groups attached to an aromatic ring is 1. The SMILES string of the molecule is CC(CCS(C)=O)NC(=O)CCOc1cccc(N)c1. The summed E-state index contributed by atoms with van der Waals surface area (Å²) in [6.07, 6.45) is 2.66. The van der Waals surface area contributed by atoms with Gasteiger partial charge in [0.1, 0.15) is 5.75 Å². The molecular weight excluding hydrogens is 276 g/mol. The van der Waals surface area contributed by atoms with Gasteiger partial charge in [0.25, 0.3) is 0 Å². The summed E-state index contributed by atoms with van der Waals surface area (Å²) in [5.74, 6) is 1.19. The zero-order valence-electron chi connectivity index (χ0n) is 11.9. The van der Waals surface area contributed by atoms with Crippen molar-refractivity contribution in [3.63, 3.8) is 0 Å². The summed E-state index contributed by atoms with van der Waals surface area (Å²) in [6.45, 7) is 2.21. The fraction of sp³-hybridized carbons (Fsp3) is 0.500. The molecule has 0 bridgehead atoms. The number of hydrogen-bond acceptors (Lipinski definition) is 4. The molecule has 0 aliphatic rings. The Morgan fingerprint density at radius 1 is 1.50 bits per heavy atom. The Hall–Kier alpha value is -1.56. The van der Waals surface area contributed by atoms with Gasteiger partial charge in [0.2, 0.25) is 5.91 Å². The predicted octanol–water partition coefficient (Wildman–Crippen LogP) is 1.31. The van der Waals surface area contributed by atoms with Gasteiger partial charge in [0.15, 0.2) is 0 Å². The van der Waals surface area contributed by atoms with Gasteiger partial charge in [-0.25, -0.2) is 0 Å². The smallest absolute Gasteiger partial charge is 0.223 e. The van der Waals surface area contributed by atoms with Crippen LogP contribution in [0, 0.1) is 0 Å². The summed E-state index contributed by atoms with van der Waals surface area (Å²) in [4.78, 5) is 11.7. The molecular formula is C14H22N2O3S. The lowest BCUT2D eigenvalue weighted by atomic mass is 10.2. The Labute approximate surface area is 122 Å². The van der Waals surface area contributed by atoms with E-state index >= 15 is 0 Å². The Balaban J connectivity index is 2.21. The molecule has 0 radical (unpaired) electrons. The van der Waals surface area contributed by atoms with Crippen molar-refractivity contribution in [3.05, 3.63) is 24.3 Å². The van der Waals surface area contributed by atoms with Gasteiger partial charge < -0.3 is 15.8 Å². The highest BCUT2D eigenvalue weighted by Crippen LogP contribution is 2.14. The molecule has 0 aliphatic carbocycles. The monoisotopic (exact) mass is 298 g/mol. The first-order valence-electron chi connectivity index (χ1n) is 6.55. The fourth-order valence-electron chi connectivity index (χ4n) is 1.63. The molecule has 3 N–H and O–H groups in total. The van der Waals surface area contributed by atoms with E-state index in [4.69, 9.17) is 10.5 Å². The number of carbonyl (C=O) groups excluding carboxylic acids is 1. The van der Waals surface area contributed by atoms with E-state index in [0.717, 1.165) is 0 Å². The molecule has 0 saturated carbocycles. The number of benzene rings is 1. The van der Waals surface area contributed by atoms with Crippen molar-refractivity contribution >= 4 is 22.4 Å². The minimum absolute atomic E-state index is 0.0266. The van der Waals surface area contributed by atoms with E-state index in [-0.39, 0.29) is 18.4 Å². The average molecular weight is 298 g/mol. The summed E-state index contributed by atoms with van der Waals surface area (Å²) < 4.78 is 16.4. The van der Waals surface area contributed by atoms with Crippen LogP contribution in [0.15, 0.2) is 24.3 Å². The first-order chi connectivity index (χ1) is 9.47. The maximum atomic E-state index is 11.7. The first-order valence-corrected chi connectivity index (χ1v) is 8.28. The standard InChI is InChI=1S/C14H22N2O3S/c1-11(7-9-20(2)18)16-14(17)6-8-19-13-5-3-4-12(15)10-13/h3-5,10-11H,6-9,15H2,1-2H3,(H,16,17). The number of hydrogen-bond donors (Lipinski definition) is 2. The van der Waals surface area contributed by atoms with Gasteiger partial charge in [-0.05, 0) is 25.5 Å². The van der Waals surface area contributed by atoms with Gasteiger partial charge in [-0.3, -0.25) is 9.00 Å². The molecule has 0 spiro atoms. The third-order valence-corrected chi connectivity index (χ3v) is 3.51. The van der Waals surface area contributed by atoms with Crippen molar-refractivity contribution < 1.29 is 13.7 Å². The largest absolute Gasteiger partial charge is 0.493 e. The van der Waals surface area contributed by atoms with Crippen LogP contribution in [-0.2, 0) is 15.6 Å². The van der Waals surface area contributed by atoms with Crippen LogP contribution in [0.4, 0.5) is 5.69 Å². The predicted molar refractivity (Wildman–Crippen MR) is 82.1 cm³/mol. The number of carbonyl (C=O) groups is 1. The zero-order chi connectivity index (χ0) is 15.0. The maximum Gasteiger partial charge on any atom is 0.223 e. The van der Waals surface area contributed by atoms with Crippen molar-refractivity contribution in [2.45, 2.75) is 25.8 Å². The quantitative estimate of drug-likeness (QED) is 0.709. The number of amides is 1. The van der Waals surface area contributed by atoms with E-state index < -0.39 is 10.8 Å². The third-order valence-electron chi connectivity index (χ3n) is 2.70. The van der Waals surface area contributed by atoms with Crippen LogP contribution in [0.1, 0.15) is 19.8 Å². The summed E-state index contributed by atoms with van der Waals surface area (Å²) in [5.41, 5.74) is 6.26. The van der Waals surface area contributed by atoms with Crippen LogP contribution >= 0.6 is 0 Å². The highest BCUT2D eigenvalue weighted by Gasteiger charge is 2.08. The van der Waals surface area contributed by atoms with Crippen LogP contribution in [0.25, 0.3) is 0 Å². The van der Waals surface area contributed by atoms with E-state index in [2.05, 4.69) is 5.32 Å². The molecule has 6 heteroatoms. The summed E-state index contributed by atoms with van der Waals surface area (Å²) in [6, 6.07) is 7.12. The minimum atomic E-state index is -0.821. The van der Waals surface area contributed by atoms with Gasteiger partial charge in [0.05, 0.1) is 13.0 Å². The molecule has 1 rings (SSSR count). The minimum Gasteiger partial charge on any atom is -0.493 e. The lowest BCUT2D eigenvalue weighted by Crippen LogP contribution is -2.34. The molecule has 20 heavy (non-hydrogen) atoms. The molecule has 2 atom stereocenters. The average Bonchev–Trinajstić information content (AvgIpc) is 2.36. The molecule has 2 unspecified atom stereocenters. The Kier molecular flexibility index (Phi) is 7.08. The van der Waals surface area contributed by atoms with Gasteiger partial charge in [-0.2, -0.15) is 0 Å². The number of ether oxygens (including phenoxy) is 1. The number of rotatable bonds is 8. The van der Waals surface area contributed by atoms with Gasteiger partial charge in [0, 0.05) is 40.6 Å². The van der Waals surface area contributed by atoms with Crippen LogP contribution in [0.2, 0.25) is 0 Å². The van der Waals surface area contributed by atoms with Gasteiger partial charge in [-0.15, -0.1) is 0 Å². The van der Waals surface area contributed by atoms with Gasteiger partial charge in [-0.1, -0.05) is 6.07 Å². The van der Waals surface area contributed by atoms with Crippen molar-refractivity contribution in [1.82, 2.24) is 5.32 Å². The molecule has 112 valence electrons. The number of nitrogens with one attached hydrogen (secondary N) is 1. The van der Waals surface area contributed by atoms with Crippen molar-refractivity contribution in [3.8, 4) is 5.75 Å². The van der Waals surface area contributed by atoms with E-state index in [1.54, 1.807) is 30.5 Å². The highest BCUT2D eigenvalue weighted by molar-refractivity contribution is 7.84. The number of anilines is 1. The summed E-state index contributed by atoms with van der Waals surface area (Å²) >= 11 is 0. The fourth-order valence-corrected chi connectivity index (χ4v) is 2.31. The second-order valence-electron chi connectivity index (χ2n) is 4.71. The highest BCUT2D eigenvalue weighted by atomic mass is 32.2. The lowest BCUT2D eigenvalue weighted by molar-refractivity contribution is -0.122. The number of nitrogens with two attached hydrogens (primary N) is 1. The molecule has 1 amide bonds. The molecule has 1 aromatic rings. The van der Waals surface area contributed by atoms with Crippen molar-refractivity contribution in [2.24, 2.45) is 0 Å². The van der Waals surface area contributed by atoms with Crippen molar-refractivity contribution in [1.29, 1.82) is 0 Å². The molecule has 1 aromatic carbocycles. The van der Waals surface area contributed by atoms with E-state index in [1.807, 2.05) is 6.92 Å².